The molecule has 6 rings (SSSR count). The fourth-order valence-corrected chi connectivity index (χ4v) is 6.85. The number of nitrogens with one attached hydrogen (secondary N) is 1. The molecule has 3 unspecified atom stereocenters. The summed E-state index contributed by atoms with van der Waals surface area (Å²) in [7, 11) is 0. The molecule has 3 aromatic rings. The first-order chi connectivity index (χ1) is 20.7. The zero-order valence-electron chi connectivity index (χ0n) is 24.6. The molecule has 0 spiro atoms. The molecule has 10 heteroatoms. The van der Waals surface area contributed by atoms with Crippen molar-refractivity contribution in [1.29, 1.82) is 0 Å². The molecule has 3 fully saturated rings. The van der Waals surface area contributed by atoms with Crippen LogP contribution in [0.2, 0.25) is 5.02 Å². The average Bonchev–Trinajstić information content (AvgIpc) is 3.31. The van der Waals surface area contributed by atoms with E-state index in [1.807, 2.05) is 36.1 Å². The van der Waals surface area contributed by atoms with Crippen molar-refractivity contribution in [3.8, 4) is 6.01 Å². The van der Waals surface area contributed by atoms with Gasteiger partial charge in [-0.2, -0.15) is 9.97 Å². The standard InChI is InChI=1S/C33H38ClF2N5O2/c1-20-6-3-4-7-22(20)15-26(42)14-21(2)29-28(34)16-27-31(30(29)36)38-33(43-13-12-40-11-5-8-23(35)17-40)39-32(27)41-18-24-9-10-25(19-41)37-24/h3-4,6-7,14-16,23-25,37,42H,5,8-13,17-19H2,1-2H3/b21-14+,26-15+. The number of aryl methyl sites for hydroxylation is 1. The number of nitrogens with zero attached hydrogens (tertiary/aromatic N) is 4. The van der Waals surface area contributed by atoms with E-state index in [0.717, 1.165) is 50.0 Å². The lowest BCUT2D eigenvalue weighted by molar-refractivity contribution is 0.119. The van der Waals surface area contributed by atoms with Crippen LogP contribution in [0.4, 0.5) is 14.6 Å². The molecule has 0 aliphatic carbocycles. The normalized spacial score (nSPS) is 23.3. The molecular formula is C33H38ClF2N5O2. The van der Waals surface area contributed by atoms with Crippen molar-refractivity contribution in [2.24, 2.45) is 0 Å². The number of hydrogen-bond acceptors (Lipinski definition) is 7. The number of alkyl halides is 1. The third kappa shape index (κ3) is 6.64. The predicted octanol–water partition coefficient (Wildman–Crippen LogP) is 6.49. The van der Waals surface area contributed by atoms with E-state index in [-0.39, 0.29) is 34.5 Å². The van der Waals surface area contributed by atoms with E-state index in [0.29, 0.717) is 48.4 Å². The number of rotatable bonds is 8. The SMILES string of the molecule is C/C(=C\C(O)=C/c1ccccc1C)c1c(Cl)cc2c(N3CC4CCC(C3)N4)nc(OCCN3CCCC(F)C3)nc2c1F. The lowest BCUT2D eigenvalue weighted by Gasteiger charge is -2.34. The molecule has 43 heavy (non-hydrogen) atoms. The molecule has 2 N–H and O–H groups in total. The van der Waals surface area contributed by atoms with Gasteiger partial charge in [-0.25, -0.2) is 8.78 Å². The minimum Gasteiger partial charge on any atom is -0.508 e. The zero-order chi connectivity index (χ0) is 30.1. The third-order valence-corrected chi connectivity index (χ3v) is 8.99. The number of piperazine rings is 1. The monoisotopic (exact) mass is 609 g/mol. The third-order valence-electron chi connectivity index (χ3n) is 8.70. The first-order valence-electron chi connectivity index (χ1n) is 15.1. The number of allylic oxidation sites excluding steroid dienone is 2. The van der Waals surface area contributed by atoms with Crippen LogP contribution in [0.15, 0.2) is 42.2 Å². The van der Waals surface area contributed by atoms with Crippen molar-refractivity contribution in [3.63, 3.8) is 0 Å². The number of halogens is 3. The summed E-state index contributed by atoms with van der Waals surface area (Å²) in [5.74, 6) is -0.0152. The van der Waals surface area contributed by atoms with Gasteiger partial charge in [0, 0.05) is 49.2 Å². The molecule has 0 radical (unpaired) electrons. The van der Waals surface area contributed by atoms with Crippen LogP contribution in [0.25, 0.3) is 22.6 Å². The van der Waals surface area contributed by atoms with Gasteiger partial charge in [-0.3, -0.25) is 4.90 Å². The van der Waals surface area contributed by atoms with E-state index in [2.05, 4.69) is 15.2 Å². The number of ether oxygens (including phenoxy) is 1. The van der Waals surface area contributed by atoms with E-state index < -0.39 is 12.0 Å². The molecule has 228 valence electrons. The molecule has 0 amide bonds. The van der Waals surface area contributed by atoms with E-state index in [9.17, 15) is 9.50 Å². The number of hydrogen-bond donors (Lipinski definition) is 2. The highest BCUT2D eigenvalue weighted by atomic mass is 35.5. The summed E-state index contributed by atoms with van der Waals surface area (Å²) in [5, 5.41) is 15.1. The quantitative estimate of drug-likeness (QED) is 0.223. The molecule has 7 nitrogen and oxygen atoms in total. The summed E-state index contributed by atoms with van der Waals surface area (Å²) in [6.07, 6.45) is 5.92. The van der Waals surface area contributed by atoms with Gasteiger partial charge in [0.05, 0.1) is 5.02 Å². The van der Waals surface area contributed by atoms with E-state index in [1.165, 1.54) is 6.08 Å². The van der Waals surface area contributed by atoms with Crippen LogP contribution in [0.5, 0.6) is 6.01 Å². The van der Waals surface area contributed by atoms with Crippen molar-refractivity contribution < 1.29 is 18.6 Å². The second-order valence-corrected chi connectivity index (χ2v) is 12.4. The summed E-state index contributed by atoms with van der Waals surface area (Å²) in [6, 6.07) is 10.2. The fraction of sp³-hybridized carbons (Fsp3) is 0.455. The fourth-order valence-electron chi connectivity index (χ4n) is 6.51. The van der Waals surface area contributed by atoms with Gasteiger partial charge in [0.15, 0.2) is 5.82 Å². The highest BCUT2D eigenvalue weighted by Crippen LogP contribution is 2.38. The van der Waals surface area contributed by atoms with Gasteiger partial charge >= 0.3 is 6.01 Å². The zero-order valence-corrected chi connectivity index (χ0v) is 25.4. The number of aliphatic hydroxyl groups excluding tert-OH is 1. The van der Waals surface area contributed by atoms with Gasteiger partial charge in [0.1, 0.15) is 29.9 Å². The molecule has 3 atom stereocenters. The Bertz CT molecular complexity index is 1550. The summed E-state index contributed by atoms with van der Waals surface area (Å²) in [4.78, 5) is 13.5. The number of aliphatic hydroxyl groups is 1. The Hall–Kier alpha value is -3.27. The van der Waals surface area contributed by atoms with Crippen molar-refractivity contribution in [3.05, 3.63) is 69.7 Å². The van der Waals surface area contributed by atoms with Crippen molar-refractivity contribution in [1.82, 2.24) is 20.2 Å². The summed E-state index contributed by atoms with van der Waals surface area (Å²) >= 11 is 6.74. The van der Waals surface area contributed by atoms with Gasteiger partial charge in [-0.05, 0) is 81.0 Å². The lowest BCUT2D eigenvalue weighted by atomic mass is 10.0. The largest absolute Gasteiger partial charge is 0.508 e. The number of aromatic nitrogens is 2. The Balaban J connectivity index is 1.35. The maximum atomic E-state index is 16.4. The first-order valence-corrected chi connectivity index (χ1v) is 15.5. The van der Waals surface area contributed by atoms with Crippen molar-refractivity contribution in [2.75, 3.05) is 44.2 Å². The minimum atomic E-state index is -0.820. The second-order valence-electron chi connectivity index (χ2n) is 12.0. The van der Waals surface area contributed by atoms with Crippen LogP contribution in [0.1, 0.15) is 49.3 Å². The maximum Gasteiger partial charge on any atom is 0.319 e. The number of fused-ring (bicyclic) bond motifs is 3. The number of likely N-dealkylation sites (tertiary alicyclic amines) is 1. The predicted molar refractivity (Wildman–Crippen MR) is 168 cm³/mol. The minimum absolute atomic E-state index is 0.0146. The van der Waals surface area contributed by atoms with Crippen LogP contribution in [0, 0.1) is 12.7 Å². The van der Waals surface area contributed by atoms with E-state index >= 15 is 4.39 Å². The van der Waals surface area contributed by atoms with E-state index in [4.69, 9.17) is 21.3 Å². The van der Waals surface area contributed by atoms with Crippen LogP contribution < -0.4 is 15.0 Å². The number of piperidine rings is 1. The smallest absolute Gasteiger partial charge is 0.319 e. The molecule has 3 saturated heterocycles. The summed E-state index contributed by atoms with van der Waals surface area (Å²) in [5.41, 5.74) is 2.61. The summed E-state index contributed by atoms with van der Waals surface area (Å²) < 4.78 is 36.3. The van der Waals surface area contributed by atoms with Crippen LogP contribution >= 0.6 is 11.6 Å². The molecule has 1 aromatic heterocycles. The first kappa shape index (κ1) is 29.8. The van der Waals surface area contributed by atoms with Gasteiger partial charge < -0.3 is 20.1 Å². The maximum absolute atomic E-state index is 16.4. The number of benzene rings is 2. The molecule has 3 aliphatic heterocycles. The lowest BCUT2D eigenvalue weighted by Crippen LogP contribution is -2.51. The highest BCUT2D eigenvalue weighted by molar-refractivity contribution is 6.33. The molecule has 4 heterocycles. The molecule has 3 aliphatic rings. The van der Waals surface area contributed by atoms with Gasteiger partial charge in [-0.15, -0.1) is 0 Å². The highest BCUT2D eigenvalue weighted by Gasteiger charge is 2.34. The van der Waals surface area contributed by atoms with Crippen molar-refractivity contribution in [2.45, 2.75) is 57.8 Å². The average molecular weight is 610 g/mol. The Kier molecular flexibility index (Phi) is 8.84. The van der Waals surface area contributed by atoms with Gasteiger partial charge in [0.25, 0.3) is 0 Å². The Morgan fingerprint density at radius 1 is 1.16 bits per heavy atom. The molecule has 2 bridgehead atoms. The molecule has 0 saturated carbocycles. The van der Waals surface area contributed by atoms with Crippen LogP contribution in [-0.4, -0.2) is 77.6 Å². The molecular weight excluding hydrogens is 572 g/mol. The summed E-state index contributed by atoms with van der Waals surface area (Å²) in [6.45, 7) is 7.17. The second kappa shape index (κ2) is 12.8. The number of anilines is 1. The topological polar surface area (TPSA) is 73.8 Å². The van der Waals surface area contributed by atoms with E-state index in [1.54, 1.807) is 19.1 Å². The molecule has 2 aromatic carbocycles. The Labute approximate surface area is 256 Å². The Morgan fingerprint density at radius 3 is 2.67 bits per heavy atom. The van der Waals surface area contributed by atoms with Gasteiger partial charge in [0.2, 0.25) is 0 Å². The van der Waals surface area contributed by atoms with Crippen LogP contribution in [0.3, 0.4) is 0 Å². The van der Waals surface area contributed by atoms with Crippen LogP contribution in [-0.2, 0) is 0 Å². The Morgan fingerprint density at radius 2 is 1.93 bits per heavy atom. The van der Waals surface area contributed by atoms with Gasteiger partial charge in [-0.1, -0.05) is 35.9 Å². The van der Waals surface area contributed by atoms with Crippen molar-refractivity contribution >= 4 is 40.0 Å².